The maximum Gasteiger partial charge on any atom is 0.261 e. The van der Waals surface area contributed by atoms with Crippen LogP contribution in [0.1, 0.15) is 92.9 Å². The number of fused-ring (bicyclic) bond motifs is 3. The lowest BCUT2D eigenvalue weighted by molar-refractivity contribution is -0.281. The Morgan fingerprint density at radius 2 is 1.54 bits per heavy atom. The molecule has 1 heterocycles. The van der Waals surface area contributed by atoms with Crippen molar-refractivity contribution in [3.8, 4) is 0 Å². The average Bonchev–Trinajstić information content (AvgIpc) is 3.15. The molecular weight excluding hydrogens is 613 g/mol. The van der Waals surface area contributed by atoms with Gasteiger partial charge in [-0.05, 0) is 85.7 Å². The molecular formula is C42H60O5Si. The minimum atomic E-state index is -2.70. The van der Waals surface area contributed by atoms with Crippen LogP contribution in [0.15, 0.2) is 84.5 Å². The van der Waals surface area contributed by atoms with Crippen LogP contribution < -0.4 is 10.4 Å². The van der Waals surface area contributed by atoms with Crippen molar-refractivity contribution >= 4 is 24.5 Å². The maximum absolute atomic E-state index is 14.3. The summed E-state index contributed by atoms with van der Waals surface area (Å²) in [5, 5.41) is 2.47. The summed E-state index contributed by atoms with van der Waals surface area (Å²) in [7, 11) is -0.919. The fraction of sp³-hybridized carbons (Fsp3) is 0.595. The molecule has 2 bridgehead atoms. The van der Waals surface area contributed by atoms with E-state index in [0.29, 0.717) is 32.0 Å². The van der Waals surface area contributed by atoms with E-state index in [9.17, 15) is 4.79 Å². The molecule has 0 amide bonds. The molecule has 4 atom stereocenters. The van der Waals surface area contributed by atoms with Gasteiger partial charge in [0.1, 0.15) is 5.78 Å². The lowest BCUT2D eigenvalue weighted by Gasteiger charge is -2.49. The molecule has 0 aromatic heterocycles. The quantitative estimate of drug-likeness (QED) is 0.122. The predicted molar refractivity (Wildman–Crippen MR) is 198 cm³/mol. The SMILES string of the molecule is C/C=C/CCCCC[C@@H]1C=C2C(OC)[C@H](C(=O)CCC23COC(C)(C)OC3)[C@H]1CCO[Si](c1ccccc1)(c1ccccc1)C(C)(C)C. The standard InChI is InChI=1S/C42H60O5Si/c1-8-9-10-11-12-15-20-32-29-36-39(44-7)38(37(43)25-27-42(36)30-45-41(5,6)46-31-42)35(32)26-28-47-48(40(2,3)4,33-21-16-13-17-22-33)34-23-18-14-19-24-34/h8-9,13-14,16-19,21-24,29,32,35,38-39H,10-12,15,20,25-28,30-31H2,1-7H3/b9-8+/t32-,35+,38+,39?/m1/s1. The summed E-state index contributed by atoms with van der Waals surface area (Å²) in [5.74, 6) is -0.0687. The van der Waals surface area contributed by atoms with Crippen molar-refractivity contribution in [2.75, 3.05) is 26.9 Å². The van der Waals surface area contributed by atoms with Crippen molar-refractivity contribution in [1.29, 1.82) is 0 Å². The van der Waals surface area contributed by atoms with Gasteiger partial charge >= 0.3 is 0 Å². The van der Waals surface area contributed by atoms with Gasteiger partial charge in [-0.15, -0.1) is 0 Å². The van der Waals surface area contributed by atoms with Gasteiger partial charge in [0, 0.05) is 25.6 Å². The van der Waals surface area contributed by atoms with Gasteiger partial charge < -0.3 is 18.6 Å². The normalized spacial score (nSPS) is 25.6. The van der Waals surface area contributed by atoms with Crippen LogP contribution in [0, 0.1) is 23.2 Å². The number of ether oxygens (including phenoxy) is 3. The molecule has 1 aliphatic heterocycles. The lowest BCUT2D eigenvalue weighted by atomic mass is 9.63. The fourth-order valence-electron chi connectivity index (χ4n) is 8.77. The van der Waals surface area contributed by atoms with Crippen LogP contribution in [-0.4, -0.2) is 52.9 Å². The van der Waals surface area contributed by atoms with E-state index in [2.05, 4.69) is 107 Å². The van der Waals surface area contributed by atoms with Gasteiger partial charge in [-0.25, -0.2) is 0 Å². The molecule has 1 saturated heterocycles. The summed E-state index contributed by atoms with van der Waals surface area (Å²) in [4.78, 5) is 14.3. The highest BCUT2D eigenvalue weighted by atomic mass is 28.4. The Morgan fingerprint density at radius 1 is 0.917 bits per heavy atom. The van der Waals surface area contributed by atoms with E-state index in [-0.39, 0.29) is 34.3 Å². The zero-order chi connectivity index (χ0) is 34.4. The number of rotatable bonds is 13. The van der Waals surface area contributed by atoms with Gasteiger partial charge in [0.2, 0.25) is 0 Å². The minimum absolute atomic E-state index is 0.101. The molecule has 0 N–H and O–H groups in total. The molecule has 6 heteroatoms. The predicted octanol–water partition coefficient (Wildman–Crippen LogP) is 8.42. The molecule has 1 saturated carbocycles. The topological polar surface area (TPSA) is 54.0 Å². The van der Waals surface area contributed by atoms with Crippen LogP contribution >= 0.6 is 0 Å². The molecule has 262 valence electrons. The van der Waals surface area contributed by atoms with E-state index >= 15 is 0 Å². The Hall–Kier alpha value is -2.35. The highest BCUT2D eigenvalue weighted by molar-refractivity contribution is 6.99. The van der Waals surface area contributed by atoms with E-state index < -0.39 is 14.1 Å². The second-order valence-electron chi connectivity index (χ2n) is 15.9. The first kappa shape index (κ1) is 36.9. The number of Topliss-reactive ketones (excluding diaryl/α,β-unsaturated/α-hetero) is 1. The molecule has 2 aliphatic carbocycles. The van der Waals surface area contributed by atoms with Crippen molar-refractivity contribution < 1.29 is 23.4 Å². The van der Waals surface area contributed by atoms with Gasteiger partial charge in [-0.1, -0.05) is 113 Å². The molecule has 5 rings (SSSR count). The van der Waals surface area contributed by atoms with Gasteiger partial charge in [-0.2, -0.15) is 0 Å². The Kier molecular flexibility index (Phi) is 12.1. The van der Waals surface area contributed by atoms with Gasteiger partial charge in [0.15, 0.2) is 5.79 Å². The number of benzene rings is 2. The number of carbonyl (C=O) groups excluding carboxylic acids is 1. The third kappa shape index (κ3) is 7.68. The third-order valence-corrected chi connectivity index (χ3v) is 16.4. The number of ketones is 1. The first-order valence-electron chi connectivity index (χ1n) is 18.4. The number of allylic oxidation sites excluding steroid dienone is 3. The van der Waals surface area contributed by atoms with Gasteiger partial charge in [0.25, 0.3) is 8.32 Å². The summed E-state index contributed by atoms with van der Waals surface area (Å²) in [6.45, 7) is 14.8. The lowest BCUT2D eigenvalue weighted by Crippen LogP contribution is -2.66. The van der Waals surface area contributed by atoms with E-state index in [4.69, 9.17) is 18.6 Å². The van der Waals surface area contributed by atoms with Crippen LogP contribution in [0.5, 0.6) is 0 Å². The number of carbonyl (C=O) groups is 1. The highest BCUT2D eigenvalue weighted by Gasteiger charge is 2.55. The van der Waals surface area contributed by atoms with Crippen molar-refractivity contribution in [1.82, 2.24) is 0 Å². The zero-order valence-corrected chi connectivity index (χ0v) is 31.6. The number of unbranched alkanes of at least 4 members (excludes halogenated alkanes) is 3. The van der Waals surface area contributed by atoms with Crippen molar-refractivity contribution in [3.05, 3.63) is 84.5 Å². The minimum Gasteiger partial charge on any atom is -0.407 e. The molecule has 1 spiro atoms. The van der Waals surface area contributed by atoms with E-state index in [1.165, 1.54) is 28.8 Å². The van der Waals surface area contributed by atoms with Crippen LogP contribution in [0.2, 0.25) is 5.04 Å². The Balaban J connectivity index is 1.48. The number of methoxy groups -OCH3 is 1. The summed E-state index contributed by atoms with van der Waals surface area (Å²) >= 11 is 0. The van der Waals surface area contributed by atoms with Crippen LogP contribution in [0.3, 0.4) is 0 Å². The molecule has 2 fully saturated rings. The van der Waals surface area contributed by atoms with Gasteiger partial charge in [0.05, 0.1) is 25.2 Å². The van der Waals surface area contributed by atoms with Crippen LogP contribution in [0.4, 0.5) is 0 Å². The molecule has 0 radical (unpaired) electrons. The second-order valence-corrected chi connectivity index (χ2v) is 20.2. The Bertz CT molecular complexity index is 1340. The number of hydrogen-bond acceptors (Lipinski definition) is 5. The first-order chi connectivity index (χ1) is 23.0. The largest absolute Gasteiger partial charge is 0.407 e. The van der Waals surface area contributed by atoms with E-state index in [1.807, 2.05) is 13.8 Å². The summed E-state index contributed by atoms with van der Waals surface area (Å²) in [5.41, 5.74) is 0.903. The monoisotopic (exact) mass is 672 g/mol. The molecule has 48 heavy (non-hydrogen) atoms. The fourth-order valence-corrected chi connectivity index (χ4v) is 13.4. The summed E-state index contributed by atoms with van der Waals surface area (Å²) in [6, 6.07) is 21.7. The first-order valence-corrected chi connectivity index (χ1v) is 20.3. The smallest absolute Gasteiger partial charge is 0.261 e. The van der Waals surface area contributed by atoms with E-state index in [0.717, 1.165) is 32.1 Å². The summed E-state index contributed by atoms with van der Waals surface area (Å²) < 4.78 is 26.3. The van der Waals surface area contributed by atoms with Crippen molar-refractivity contribution in [2.45, 2.75) is 110 Å². The third-order valence-electron chi connectivity index (χ3n) is 11.3. The zero-order valence-electron chi connectivity index (χ0n) is 30.6. The van der Waals surface area contributed by atoms with Crippen molar-refractivity contribution in [2.24, 2.45) is 23.2 Å². The van der Waals surface area contributed by atoms with Crippen LogP contribution in [0.25, 0.3) is 0 Å². The molecule has 1 unspecified atom stereocenters. The molecule has 3 aliphatic rings. The van der Waals surface area contributed by atoms with Gasteiger partial charge in [-0.3, -0.25) is 4.79 Å². The Labute approximate surface area is 291 Å². The van der Waals surface area contributed by atoms with Crippen LogP contribution in [-0.2, 0) is 23.4 Å². The average molecular weight is 673 g/mol. The van der Waals surface area contributed by atoms with Crippen molar-refractivity contribution in [3.63, 3.8) is 0 Å². The number of hydrogen-bond donors (Lipinski definition) is 0. The summed E-state index contributed by atoms with van der Waals surface area (Å²) in [6.07, 6.45) is 14.4. The maximum atomic E-state index is 14.3. The Morgan fingerprint density at radius 3 is 2.10 bits per heavy atom. The van der Waals surface area contributed by atoms with E-state index in [1.54, 1.807) is 7.11 Å². The molecule has 2 aromatic rings. The molecule has 2 aromatic carbocycles. The second kappa shape index (κ2) is 15.7. The molecule has 5 nitrogen and oxygen atoms in total. The highest BCUT2D eigenvalue weighted by Crippen LogP contribution is 2.53.